The predicted octanol–water partition coefficient (Wildman–Crippen LogP) is 1.48. The van der Waals surface area contributed by atoms with Gasteiger partial charge in [-0.3, -0.25) is 9.78 Å². The van der Waals surface area contributed by atoms with Crippen LogP contribution in [0.25, 0.3) is 11.0 Å². The molecule has 0 atom stereocenters. The van der Waals surface area contributed by atoms with Crippen molar-refractivity contribution in [2.75, 3.05) is 0 Å². The van der Waals surface area contributed by atoms with Crippen LogP contribution in [0.1, 0.15) is 12.0 Å². The van der Waals surface area contributed by atoms with E-state index in [1.165, 1.54) is 12.3 Å². The quantitative estimate of drug-likeness (QED) is 0.651. The van der Waals surface area contributed by atoms with Gasteiger partial charge >= 0.3 is 0 Å². The highest BCUT2D eigenvalue weighted by Crippen LogP contribution is 2.23. The van der Waals surface area contributed by atoms with Crippen LogP contribution in [0.15, 0.2) is 23.1 Å². The molecule has 3 nitrogen and oxygen atoms in total. The van der Waals surface area contributed by atoms with Crippen molar-refractivity contribution in [3.63, 3.8) is 0 Å². The van der Waals surface area contributed by atoms with Crippen molar-refractivity contribution < 1.29 is 4.39 Å². The van der Waals surface area contributed by atoms with Crippen molar-refractivity contribution >= 4 is 11.0 Å². The molecule has 0 aromatic carbocycles. The van der Waals surface area contributed by atoms with Crippen LogP contribution in [0, 0.1) is 5.82 Å². The summed E-state index contributed by atoms with van der Waals surface area (Å²) in [6, 6.07) is 3.14. The van der Waals surface area contributed by atoms with E-state index in [1.54, 1.807) is 10.6 Å². The Bertz CT molecular complexity index is 603. The standard InChI is InChI=1S/C11H9FN2O/c12-8-6-13-9-3-4-10(15)14-5-1-2-7(8)11(9)14/h3-4,6H,1-2,5H2. The summed E-state index contributed by atoms with van der Waals surface area (Å²) in [5.74, 6) is -0.304. The van der Waals surface area contributed by atoms with Crippen LogP contribution in [0.2, 0.25) is 0 Å². The summed E-state index contributed by atoms with van der Waals surface area (Å²) < 4.78 is 15.1. The Balaban J connectivity index is 2.57. The lowest BCUT2D eigenvalue weighted by Crippen LogP contribution is -2.24. The molecule has 0 saturated heterocycles. The SMILES string of the molecule is O=c1ccc2ncc(F)c3c2n1CCC3. The molecule has 0 bridgehead atoms. The molecular formula is C11H9FN2O. The van der Waals surface area contributed by atoms with Gasteiger partial charge in [-0.25, -0.2) is 4.39 Å². The maximum atomic E-state index is 13.5. The number of hydrogen-bond donors (Lipinski definition) is 0. The summed E-state index contributed by atoms with van der Waals surface area (Å²) in [6.07, 6.45) is 2.74. The first-order valence-electron chi connectivity index (χ1n) is 4.94. The third kappa shape index (κ3) is 1.11. The highest BCUT2D eigenvalue weighted by atomic mass is 19.1. The number of pyridine rings is 2. The van der Waals surface area contributed by atoms with Crippen LogP contribution in [0.5, 0.6) is 0 Å². The Morgan fingerprint density at radius 1 is 1.40 bits per heavy atom. The first-order chi connectivity index (χ1) is 7.27. The highest BCUT2D eigenvalue weighted by molar-refractivity contribution is 5.78. The van der Waals surface area contributed by atoms with E-state index in [0.29, 0.717) is 29.6 Å². The molecule has 76 valence electrons. The Labute approximate surface area is 85.2 Å². The molecule has 1 aliphatic rings. The summed E-state index contributed by atoms with van der Waals surface area (Å²) in [5, 5.41) is 0. The fourth-order valence-corrected chi connectivity index (χ4v) is 2.18. The minimum atomic E-state index is -0.304. The molecule has 3 heterocycles. The van der Waals surface area contributed by atoms with Crippen LogP contribution >= 0.6 is 0 Å². The third-order valence-electron chi connectivity index (χ3n) is 2.86. The van der Waals surface area contributed by atoms with Gasteiger partial charge in [0.05, 0.1) is 17.2 Å². The normalized spacial score (nSPS) is 14.5. The Morgan fingerprint density at radius 2 is 2.27 bits per heavy atom. The summed E-state index contributed by atoms with van der Waals surface area (Å²) in [5.41, 5.74) is 1.93. The first-order valence-corrected chi connectivity index (χ1v) is 4.94. The van der Waals surface area contributed by atoms with Gasteiger partial charge in [-0.05, 0) is 18.9 Å². The fourth-order valence-electron chi connectivity index (χ4n) is 2.18. The molecule has 0 saturated carbocycles. The fraction of sp³-hybridized carbons (Fsp3) is 0.273. The average molecular weight is 204 g/mol. The first kappa shape index (κ1) is 8.59. The average Bonchev–Trinajstić information content (AvgIpc) is 2.27. The largest absolute Gasteiger partial charge is 0.306 e. The van der Waals surface area contributed by atoms with Crippen molar-refractivity contribution in [2.24, 2.45) is 0 Å². The zero-order valence-electron chi connectivity index (χ0n) is 8.03. The Morgan fingerprint density at radius 3 is 3.13 bits per heavy atom. The molecule has 2 aromatic rings. The lowest BCUT2D eigenvalue weighted by atomic mass is 10.0. The van der Waals surface area contributed by atoms with Crippen LogP contribution in [-0.4, -0.2) is 9.55 Å². The lowest BCUT2D eigenvalue weighted by Gasteiger charge is -2.18. The topological polar surface area (TPSA) is 34.9 Å². The smallest absolute Gasteiger partial charge is 0.251 e. The van der Waals surface area contributed by atoms with Gasteiger partial charge in [-0.2, -0.15) is 0 Å². The zero-order valence-corrected chi connectivity index (χ0v) is 8.03. The molecule has 15 heavy (non-hydrogen) atoms. The molecule has 0 aliphatic carbocycles. The van der Waals surface area contributed by atoms with Gasteiger partial charge in [0.15, 0.2) is 0 Å². The summed E-state index contributed by atoms with van der Waals surface area (Å²) in [7, 11) is 0. The maximum Gasteiger partial charge on any atom is 0.251 e. The maximum absolute atomic E-state index is 13.5. The van der Waals surface area contributed by atoms with E-state index < -0.39 is 0 Å². The predicted molar refractivity (Wildman–Crippen MR) is 54.3 cm³/mol. The van der Waals surface area contributed by atoms with Crippen molar-refractivity contribution in [1.29, 1.82) is 0 Å². The van der Waals surface area contributed by atoms with Gasteiger partial charge in [-0.15, -0.1) is 0 Å². The van der Waals surface area contributed by atoms with Crippen molar-refractivity contribution in [1.82, 2.24) is 9.55 Å². The lowest BCUT2D eigenvalue weighted by molar-refractivity contribution is 0.561. The molecule has 0 amide bonds. The molecule has 4 heteroatoms. The molecule has 0 spiro atoms. The number of aromatic nitrogens is 2. The van der Waals surface area contributed by atoms with Gasteiger partial charge in [0.1, 0.15) is 5.82 Å². The van der Waals surface area contributed by atoms with E-state index in [-0.39, 0.29) is 11.4 Å². The van der Waals surface area contributed by atoms with E-state index in [4.69, 9.17) is 0 Å². The molecule has 0 unspecified atom stereocenters. The Kier molecular flexibility index (Phi) is 1.65. The van der Waals surface area contributed by atoms with Gasteiger partial charge in [0, 0.05) is 18.2 Å². The minimum Gasteiger partial charge on any atom is -0.306 e. The molecular weight excluding hydrogens is 195 g/mol. The number of aryl methyl sites for hydroxylation is 2. The van der Waals surface area contributed by atoms with Gasteiger partial charge in [-0.1, -0.05) is 0 Å². The molecule has 0 fully saturated rings. The van der Waals surface area contributed by atoms with E-state index in [0.717, 1.165) is 6.42 Å². The molecule has 2 aromatic heterocycles. The van der Waals surface area contributed by atoms with Gasteiger partial charge < -0.3 is 4.57 Å². The summed E-state index contributed by atoms with van der Waals surface area (Å²) in [4.78, 5) is 15.6. The minimum absolute atomic E-state index is 0.0733. The van der Waals surface area contributed by atoms with E-state index in [2.05, 4.69) is 4.98 Å². The van der Waals surface area contributed by atoms with Crippen molar-refractivity contribution in [3.05, 3.63) is 40.1 Å². The van der Waals surface area contributed by atoms with Crippen LogP contribution < -0.4 is 5.56 Å². The second-order valence-electron chi connectivity index (χ2n) is 3.75. The van der Waals surface area contributed by atoms with Crippen LogP contribution in [0.3, 0.4) is 0 Å². The molecule has 1 aliphatic heterocycles. The van der Waals surface area contributed by atoms with Crippen LogP contribution in [-0.2, 0) is 13.0 Å². The van der Waals surface area contributed by atoms with Crippen LogP contribution in [0.4, 0.5) is 4.39 Å². The molecule has 0 radical (unpaired) electrons. The van der Waals surface area contributed by atoms with Crippen molar-refractivity contribution in [2.45, 2.75) is 19.4 Å². The van der Waals surface area contributed by atoms with E-state index in [1.807, 2.05) is 0 Å². The summed E-state index contributed by atoms with van der Waals surface area (Å²) >= 11 is 0. The van der Waals surface area contributed by atoms with E-state index >= 15 is 0 Å². The Hall–Kier alpha value is -1.71. The number of hydrogen-bond acceptors (Lipinski definition) is 2. The van der Waals surface area contributed by atoms with Gasteiger partial charge in [0.2, 0.25) is 0 Å². The van der Waals surface area contributed by atoms with Gasteiger partial charge in [0.25, 0.3) is 5.56 Å². The van der Waals surface area contributed by atoms with Crippen molar-refractivity contribution in [3.8, 4) is 0 Å². The van der Waals surface area contributed by atoms with E-state index in [9.17, 15) is 9.18 Å². The summed E-state index contributed by atoms with van der Waals surface area (Å²) in [6.45, 7) is 0.661. The third-order valence-corrected chi connectivity index (χ3v) is 2.86. The molecule has 0 N–H and O–H groups in total. The molecule has 3 rings (SSSR count). The second-order valence-corrected chi connectivity index (χ2v) is 3.75. The monoisotopic (exact) mass is 204 g/mol. The highest BCUT2D eigenvalue weighted by Gasteiger charge is 2.17. The number of nitrogens with zero attached hydrogens (tertiary/aromatic N) is 2. The number of halogens is 1. The zero-order chi connectivity index (χ0) is 10.4. The second kappa shape index (κ2) is 2.89. The number of rotatable bonds is 0.